The molecule has 0 aliphatic rings. The van der Waals surface area contributed by atoms with Crippen molar-refractivity contribution in [2.24, 2.45) is 0 Å². The van der Waals surface area contributed by atoms with Crippen LogP contribution in [0.5, 0.6) is 0 Å². The van der Waals surface area contributed by atoms with Crippen molar-refractivity contribution in [3.05, 3.63) is 27.5 Å². The normalized spacial score (nSPS) is 10.5. The molecule has 0 radical (unpaired) electrons. The van der Waals surface area contributed by atoms with Crippen LogP contribution in [0.3, 0.4) is 0 Å². The minimum absolute atomic E-state index is 0.185. The predicted molar refractivity (Wildman–Crippen MR) is 47.2 cm³/mol. The number of carbonyl (C=O) groups is 1. The number of rotatable bonds is 1. The highest BCUT2D eigenvalue weighted by Gasteiger charge is 2.12. The number of aromatic nitrogens is 2. The van der Waals surface area contributed by atoms with Gasteiger partial charge in [-0.15, -0.1) is 11.3 Å². The summed E-state index contributed by atoms with van der Waals surface area (Å²) in [5.41, 5.74) is 0.861. The van der Waals surface area contributed by atoms with Gasteiger partial charge in [0.25, 0.3) is 0 Å². The van der Waals surface area contributed by atoms with E-state index in [2.05, 4.69) is 9.97 Å². The van der Waals surface area contributed by atoms with Gasteiger partial charge in [-0.3, -0.25) is 4.79 Å². The van der Waals surface area contributed by atoms with Crippen LogP contribution in [-0.2, 0) is 0 Å². The molecule has 0 saturated carbocycles. The first-order chi connectivity index (χ1) is 6.20. The monoisotopic (exact) mass is 196 g/mol. The molecule has 0 unspecified atom stereocenters. The summed E-state index contributed by atoms with van der Waals surface area (Å²) in [6.07, 6.45) is 1.19. The van der Waals surface area contributed by atoms with Crippen LogP contribution in [0.2, 0.25) is 0 Å². The predicted octanol–water partition coefficient (Wildman–Crippen LogP) is 0.683. The van der Waals surface area contributed by atoms with Gasteiger partial charge in [0.05, 0.1) is 5.51 Å². The Kier molecular flexibility index (Phi) is 1.63. The lowest BCUT2D eigenvalue weighted by Crippen LogP contribution is -2.14. The van der Waals surface area contributed by atoms with Crippen LogP contribution >= 0.6 is 11.3 Å². The maximum absolute atomic E-state index is 11.4. The minimum Gasteiger partial charge on any atom is -0.477 e. The number of fused-ring (bicyclic) bond motifs is 1. The molecule has 66 valence electrons. The number of nitrogens with zero attached hydrogens (tertiary/aromatic N) is 1. The number of hydrogen-bond acceptors (Lipinski definition) is 4. The van der Waals surface area contributed by atoms with Crippen molar-refractivity contribution in [3.8, 4) is 0 Å². The maximum Gasteiger partial charge on any atom is 0.341 e. The lowest BCUT2D eigenvalue weighted by molar-refractivity contribution is 0.0695. The molecule has 2 heterocycles. The second-order valence-corrected chi connectivity index (χ2v) is 3.22. The zero-order chi connectivity index (χ0) is 9.42. The largest absolute Gasteiger partial charge is 0.477 e. The zero-order valence-corrected chi connectivity index (χ0v) is 7.09. The van der Waals surface area contributed by atoms with Gasteiger partial charge in [-0.1, -0.05) is 0 Å². The molecule has 0 spiro atoms. The molecule has 6 heteroatoms. The van der Waals surface area contributed by atoms with Gasteiger partial charge in [0.15, 0.2) is 0 Å². The molecule has 2 rings (SSSR count). The smallest absolute Gasteiger partial charge is 0.341 e. The highest BCUT2D eigenvalue weighted by atomic mass is 32.1. The SMILES string of the molecule is O=C(O)c1c[nH]c2scnc2c1=O. The van der Waals surface area contributed by atoms with Crippen LogP contribution in [0, 0.1) is 0 Å². The molecule has 2 aromatic heterocycles. The number of pyridine rings is 1. The summed E-state index contributed by atoms with van der Waals surface area (Å²) in [5, 5.41) is 8.62. The van der Waals surface area contributed by atoms with E-state index in [1.165, 1.54) is 23.0 Å². The Labute approximate surface area is 75.7 Å². The van der Waals surface area contributed by atoms with Crippen LogP contribution in [0.1, 0.15) is 10.4 Å². The molecule has 13 heavy (non-hydrogen) atoms. The Bertz CT molecular complexity index is 528. The van der Waals surface area contributed by atoms with Crippen LogP contribution in [0.25, 0.3) is 10.3 Å². The van der Waals surface area contributed by atoms with Crippen molar-refractivity contribution in [1.29, 1.82) is 0 Å². The van der Waals surface area contributed by atoms with Crippen molar-refractivity contribution >= 4 is 27.7 Å². The van der Waals surface area contributed by atoms with Crippen LogP contribution < -0.4 is 5.43 Å². The van der Waals surface area contributed by atoms with Gasteiger partial charge in [0, 0.05) is 6.20 Å². The number of carboxylic acids is 1. The summed E-state index contributed by atoms with van der Waals surface area (Å²) in [6.45, 7) is 0. The fourth-order valence-electron chi connectivity index (χ4n) is 1.00. The average Bonchev–Trinajstić information content (AvgIpc) is 2.52. The van der Waals surface area contributed by atoms with Crippen LogP contribution in [0.15, 0.2) is 16.5 Å². The quantitative estimate of drug-likeness (QED) is 0.702. The Morgan fingerprint density at radius 2 is 2.38 bits per heavy atom. The third-order valence-corrected chi connectivity index (χ3v) is 2.36. The number of carboxylic acid groups (broad SMARTS) is 1. The van der Waals surface area contributed by atoms with Crippen molar-refractivity contribution in [1.82, 2.24) is 9.97 Å². The summed E-state index contributed by atoms with van der Waals surface area (Å²) in [7, 11) is 0. The Hall–Kier alpha value is -1.69. The molecule has 2 aromatic rings. The molecular weight excluding hydrogens is 192 g/mol. The Morgan fingerprint density at radius 1 is 1.62 bits per heavy atom. The lowest BCUT2D eigenvalue weighted by atomic mass is 10.3. The van der Waals surface area contributed by atoms with E-state index in [0.717, 1.165) is 0 Å². The second-order valence-electron chi connectivity index (χ2n) is 2.37. The van der Waals surface area contributed by atoms with Crippen LogP contribution in [-0.4, -0.2) is 21.0 Å². The second kappa shape index (κ2) is 2.67. The fourth-order valence-corrected chi connectivity index (χ4v) is 1.65. The summed E-state index contributed by atoms with van der Waals surface area (Å²) < 4.78 is 0. The maximum atomic E-state index is 11.4. The first-order valence-corrected chi connectivity index (χ1v) is 4.26. The third kappa shape index (κ3) is 1.11. The number of hydrogen-bond donors (Lipinski definition) is 2. The number of nitrogens with one attached hydrogen (secondary N) is 1. The Balaban J connectivity index is 2.89. The van der Waals surface area contributed by atoms with E-state index in [-0.39, 0.29) is 11.1 Å². The minimum atomic E-state index is -1.24. The lowest BCUT2D eigenvalue weighted by Gasteiger charge is -1.91. The van der Waals surface area contributed by atoms with E-state index >= 15 is 0 Å². The molecule has 0 saturated heterocycles. The first kappa shape index (κ1) is 7.93. The molecule has 0 aliphatic carbocycles. The molecule has 0 bridgehead atoms. The summed E-state index contributed by atoms with van der Waals surface area (Å²) >= 11 is 1.26. The molecule has 0 aromatic carbocycles. The van der Waals surface area contributed by atoms with E-state index in [1.807, 2.05) is 0 Å². The molecule has 0 fully saturated rings. The third-order valence-electron chi connectivity index (χ3n) is 1.61. The number of aromatic carboxylic acids is 1. The van der Waals surface area contributed by atoms with E-state index in [9.17, 15) is 9.59 Å². The van der Waals surface area contributed by atoms with Crippen molar-refractivity contribution in [3.63, 3.8) is 0 Å². The molecule has 2 N–H and O–H groups in total. The molecule has 0 aliphatic heterocycles. The molecule has 5 nitrogen and oxygen atoms in total. The van der Waals surface area contributed by atoms with Crippen molar-refractivity contribution in [2.75, 3.05) is 0 Å². The van der Waals surface area contributed by atoms with Gasteiger partial charge < -0.3 is 10.1 Å². The standard InChI is InChI=1S/C7H4N2O3S/c10-5-3(7(11)12)1-8-6-4(5)9-2-13-6/h1-2H,(H,8,10)(H,11,12). The number of thiazole rings is 1. The Morgan fingerprint density at radius 3 is 3.08 bits per heavy atom. The average molecular weight is 196 g/mol. The van der Waals surface area contributed by atoms with Gasteiger partial charge in [0.2, 0.25) is 5.43 Å². The van der Waals surface area contributed by atoms with Gasteiger partial charge in [-0.2, -0.15) is 0 Å². The van der Waals surface area contributed by atoms with E-state index < -0.39 is 11.4 Å². The van der Waals surface area contributed by atoms with Crippen molar-refractivity contribution < 1.29 is 9.90 Å². The van der Waals surface area contributed by atoms with Gasteiger partial charge >= 0.3 is 5.97 Å². The fraction of sp³-hybridized carbons (Fsp3) is 0. The van der Waals surface area contributed by atoms with Gasteiger partial charge in [-0.05, 0) is 0 Å². The number of H-pyrrole nitrogens is 1. The summed E-state index contributed by atoms with van der Waals surface area (Å²) in [5.74, 6) is -1.24. The summed E-state index contributed by atoms with van der Waals surface area (Å²) in [6, 6.07) is 0. The molecular formula is C7H4N2O3S. The zero-order valence-electron chi connectivity index (χ0n) is 6.27. The highest BCUT2D eigenvalue weighted by Crippen LogP contribution is 2.10. The topological polar surface area (TPSA) is 83.0 Å². The summed E-state index contributed by atoms with van der Waals surface area (Å²) in [4.78, 5) is 29.0. The molecule has 0 amide bonds. The number of aromatic amines is 1. The van der Waals surface area contributed by atoms with E-state index in [1.54, 1.807) is 0 Å². The van der Waals surface area contributed by atoms with Gasteiger partial charge in [0.1, 0.15) is 15.9 Å². The first-order valence-electron chi connectivity index (χ1n) is 3.38. The van der Waals surface area contributed by atoms with Gasteiger partial charge in [-0.25, -0.2) is 9.78 Å². The van der Waals surface area contributed by atoms with Crippen LogP contribution in [0.4, 0.5) is 0 Å². The highest BCUT2D eigenvalue weighted by molar-refractivity contribution is 7.16. The molecule has 0 atom stereocenters. The van der Waals surface area contributed by atoms with Crippen molar-refractivity contribution in [2.45, 2.75) is 0 Å². The van der Waals surface area contributed by atoms with E-state index in [4.69, 9.17) is 5.11 Å². The van der Waals surface area contributed by atoms with E-state index in [0.29, 0.717) is 4.83 Å².